The summed E-state index contributed by atoms with van der Waals surface area (Å²) in [6.07, 6.45) is 0. The third kappa shape index (κ3) is 4.26. The van der Waals surface area contributed by atoms with E-state index in [4.69, 9.17) is 24.3 Å². The van der Waals surface area contributed by atoms with Crippen LogP contribution in [0, 0.1) is 0 Å². The summed E-state index contributed by atoms with van der Waals surface area (Å²) >= 11 is 0. The van der Waals surface area contributed by atoms with E-state index < -0.39 is 7.15 Å². The number of rotatable bonds is 7. The summed E-state index contributed by atoms with van der Waals surface area (Å²) in [5, 5.41) is 0. The van der Waals surface area contributed by atoms with Gasteiger partial charge in [-0.1, -0.05) is 0 Å². The third-order valence-electron chi connectivity index (χ3n) is 0.946. The van der Waals surface area contributed by atoms with Crippen molar-refractivity contribution in [1.82, 2.24) is 0 Å². The molecule has 0 saturated carbocycles. The van der Waals surface area contributed by atoms with Gasteiger partial charge in [-0.15, -0.1) is 0 Å². The lowest BCUT2D eigenvalue weighted by molar-refractivity contribution is 0.169. The number of hydrogen-bond acceptors (Lipinski definition) is 4. The van der Waals surface area contributed by atoms with Gasteiger partial charge in [-0.3, -0.25) is 0 Å². The molecule has 3 nitrogen and oxygen atoms in total. The first-order valence-corrected chi connectivity index (χ1v) is 7.66. The maximum atomic E-state index is 5.65. The molecule has 0 amide bonds. The van der Waals surface area contributed by atoms with E-state index in [1.165, 1.54) is 0 Å². The molecule has 0 N–H and O–H groups in total. The molecule has 0 saturated heterocycles. The molecule has 0 radical (unpaired) electrons. The van der Waals surface area contributed by atoms with Crippen LogP contribution in [0.4, 0.5) is 0 Å². The molecule has 0 aromatic rings. The highest BCUT2D eigenvalue weighted by Crippen LogP contribution is 2.74. The quantitative estimate of drug-likeness (QED) is 0.628. The highest BCUT2D eigenvalue weighted by Gasteiger charge is 2.46. The summed E-state index contributed by atoms with van der Waals surface area (Å²) in [6.45, 7) is 7.31. The van der Waals surface area contributed by atoms with Crippen molar-refractivity contribution in [2.24, 2.45) is 0 Å². The fourth-order valence-corrected chi connectivity index (χ4v) is 4.32. The topological polar surface area (TPSA) is 27.7 Å². The van der Waals surface area contributed by atoms with Crippen molar-refractivity contribution >= 4 is 28.4 Å². The van der Waals surface area contributed by atoms with Crippen molar-refractivity contribution in [2.45, 2.75) is 20.8 Å². The van der Waals surface area contributed by atoms with Crippen molar-refractivity contribution in [3.8, 4) is 0 Å². The standard InChI is InChI=1S/C6H15ClO3PS/c1-4-8-11(12-7,9-5-2)10-6-3/h4-6H2,1-3H3/q+1. The molecular formula is C6H15ClO3PS+. The maximum absolute atomic E-state index is 5.65. The lowest BCUT2D eigenvalue weighted by atomic mass is 10.9. The van der Waals surface area contributed by atoms with Crippen LogP contribution >= 0.6 is 28.4 Å². The zero-order valence-corrected chi connectivity index (χ0v) is 10.0. The van der Waals surface area contributed by atoms with E-state index in [2.05, 4.69) is 0 Å². The molecule has 0 aliphatic heterocycles. The van der Waals surface area contributed by atoms with Crippen molar-refractivity contribution < 1.29 is 13.6 Å². The second-order valence-electron chi connectivity index (χ2n) is 1.77. The van der Waals surface area contributed by atoms with Gasteiger partial charge in [0.25, 0.3) is 0 Å². The van der Waals surface area contributed by atoms with E-state index in [1.807, 2.05) is 20.8 Å². The van der Waals surface area contributed by atoms with E-state index in [1.54, 1.807) is 0 Å². The summed E-state index contributed by atoms with van der Waals surface area (Å²) < 4.78 is 16.1. The van der Waals surface area contributed by atoms with Crippen molar-refractivity contribution in [3.63, 3.8) is 0 Å². The Bertz CT molecular complexity index is 99.9. The van der Waals surface area contributed by atoms with Crippen molar-refractivity contribution in [3.05, 3.63) is 0 Å². The second-order valence-corrected chi connectivity index (χ2v) is 6.57. The number of halogens is 1. The van der Waals surface area contributed by atoms with Crippen LogP contribution in [0.25, 0.3) is 0 Å². The van der Waals surface area contributed by atoms with Gasteiger partial charge in [0.1, 0.15) is 0 Å². The summed E-state index contributed by atoms with van der Waals surface area (Å²) in [6, 6.07) is 0. The molecule has 0 aliphatic carbocycles. The van der Waals surface area contributed by atoms with Crippen LogP contribution in [0.15, 0.2) is 0 Å². The normalized spacial score (nSPS) is 12.0. The summed E-state index contributed by atoms with van der Waals surface area (Å²) in [7, 11) is 4.36. The molecule has 0 fully saturated rings. The highest BCUT2D eigenvalue weighted by molar-refractivity contribution is 8.68. The van der Waals surface area contributed by atoms with E-state index in [0.717, 1.165) is 10.6 Å². The van der Waals surface area contributed by atoms with Gasteiger partial charge in [0, 0.05) is 10.7 Å². The Labute approximate surface area is 82.9 Å². The maximum Gasteiger partial charge on any atom is 0.497 e. The van der Waals surface area contributed by atoms with Gasteiger partial charge in [0.05, 0.1) is 19.8 Å². The van der Waals surface area contributed by atoms with Crippen LogP contribution in [0.5, 0.6) is 0 Å². The van der Waals surface area contributed by atoms with Crippen LogP contribution in [0.3, 0.4) is 0 Å². The fourth-order valence-electron chi connectivity index (χ4n) is 0.646. The summed E-state index contributed by atoms with van der Waals surface area (Å²) in [5.41, 5.74) is 0. The smallest absolute Gasteiger partial charge is 0.168 e. The molecule has 0 spiro atoms. The predicted molar refractivity (Wildman–Crippen MR) is 55.2 cm³/mol. The molecule has 6 heteroatoms. The first-order valence-electron chi connectivity index (χ1n) is 3.87. The van der Waals surface area contributed by atoms with Crippen LogP contribution in [0.1, 0.15) is 20.8 Å². The number of hydrogen-bond donors (Lipinski definition) is 0. The van der Waals surface area contributed by atoms with E-state index in [-0.39, 0.29) is 0 Å². The van der Waals surface area contributed by atoms with Crippen LogP contribution in [-0.4, -0.2) is 19.8 Å². The molecule has 0 aromatic carbocycles. The van der Waals surface area contributed by atoms with Crippen molar-refractivity contribution in [1.29, 1.82) is 0 Å². The third-order valence-corrected chi connectivity index (χ3v) is 5.82. The van der Waals surface area contributed by atoms with Crippen LogP contribution in [0.2, 0.25) is 0 Å². The Kier molecular flexibility index (Phi) is 7.95. The van der Waals surface area contributed by atoms with E-state index >= 15 is 0 Å². The Morgan fingerprint density at radius 3 is 1.50 bits per heavy atom. The second kappa shape index (κ2) is 7.36. The molecule has 0 aliphatic rings. The molecular weight excluding hydrogens is 219 g/mol. The summed E-state index contributed by atoms with van der Waals surface area (Å²) in [5.74, 6) is 0. The molecule has 0 rings (SSSR count). The predicted octanol–water partition coefficient (Wildman–Crippen LogP) is 3.66. The molecule has 0 bridgehead atoms. The zero-order valence-electron chi connectivity index (χ0n) is 7.58. The Hall–Kier alpha value is 0.950. The average Bonchev–Trinajstić information content (AvgIpc) is 2.06. The summed E-state index contributed by atoms with van der Waals surface area (Å²) in [4.78, 5) is 0. The monoisotopic (exact) mass is 233 g/mol. The minimum absolute atomic E-state index is 0.549. The van der Waals surface area contributed by atoms with Gasteiger partial charge >= 0.3 is 7.15 Å². The van der Waals surface area contributed by atoms with Gasteiger partial charge < -0.3 is 0 Å². The highest BCUT2D eigenvalue weighted by atomic mass is 35.7. The fraction of sp³-hybridized carbons (Fsp3) is 1.00. The first kappa shape index (κ1) is 12.9. The molecule has 0 atom stereocenters. The van der Waals surface area contributed by atoms with Crippen LogP contribution < -0.4 is 0 Å². The first-order chi connectivity index (χ1) is 5.74. The van der Waals surface area contributed by atoms with Gasteiger partial charge in [0.2, 0.25) is 10.6 Å². The molecule has 74 valence electrons. The largest absolute Gasteiger partial charge is 0.497 e. The Morgan fingerprint density at radius 1 is 1.00 bits per heavy atom. The molecule has 0 aromatic heterocycles. The molecule has 0 heterocycles. The van der Waals surface area contributed by atoms with Gasteiger partial charge in [0.15, 0.2) is 0 Å². The van der Waals surface area contributed by atoms with Gasteiger partial charge in [-0.2, -0.15) is 13.6 Å². The van der Waals surface area contributed by atoms with E-state index in [9.17, 15) is 0 Å². The van der Waals surface area contributed by atoms with Gasteiger partial charge in [-0.05, 0) is 20.8 Å². The molecule has 12 heavy (non-hydrogen) atoms. The van der Waals surface area contributed by atoms with Crippen LogP contribution in [-0.2, 0) is 13.6 Å². The van der Waals surface area contributed by atoms with Crippen molar-refractivity contribution in [2.75, 3.05) is 19.8 Å². The zero-order chi connectivity index (χ0) is 9.45. The lowest BCUT2D eigenvalue weighted by Gasteiger charge is -2.15. The minimum atomic E-state index is -2.29. The Balaban J connectivity index is 4.06. The Morgan fingerprint density at radius 2 is 1.33 bits per heavy atom. The van der Waals surface area contributed by atoms with Gasteiger partial charge in [-0.25, -0.2) is 0 Å². The SMILES string of the molecule is CCO[P+](OCC)(OCC)SCl. The average molecular weight is 234 g/mol. The lowest BCUT2D eigenvalue weighted by Crippen LogP contribution is -2.02. The molecule has 0 unspecified atom stereocenters. The minimum Gasteiger partial charge on any atom is -0.168 e. The van der Waals surface area contributed by atoms with E-state index in [0.29, 0.717) is 19.8 Å².